The maximum atomic E-state index is 13.3. The largest absolute Gasteiger partial charge is 0.496 e. The lowest BCUT2D eigenvalue weighted by atomic mass is 10.2. The lowest BCUT2D eigenvalue weighted by Gasteiger charge is -2.13. The van der Waals surface area contributed by atoms with Crippen LogP contribution in [0.5, 0.6) is 11.5 Å². The quantitative estimate of drug-likeness (QED) is 0.614. The summed E-state index contributed by atoms with van der Waals surface area (Å²) in [7, 11) is 3.08. The second-order valence-corrected chi connectivity index (χ2v) is 6.00. The van der Waals surface area contributed by atoms with Gasteiger partial charge >= 0.3 is 0 Å². The van der Waals surface area contributed by atoms with Crippen LogP contribution in [0.1, 0.15) is 5.56 Å². The monoisotopic (exact) mass is 388 g/mol. The smallest absolute Gasteiger partial charge is 0.145 e. The van der Waals surface area contributed by atoms with Crippen molar-refractivity contribution in [2.24, 2.45) is 0 Å². The summed E-state index contributed by atoms with van der Waals surface area (Å²) in [5.74, 6) is 1.88. The Morgan fingerprint density at radius 3 is 2.52 bits per heavy atom. The van der Waals surface area contributed by atoms with Crippen molar-refractivity contribution in [3.63, 3.8) is 0 Å². The number of halogens is 2. The molecule has 0 fully saturated rings. The maximum absolute atomic E-state index is 13.3. The highest BCUT2D eigenvalue weighted by atomic mass is 35.5. The van der Waals surface area contributed by atoms with Gasteiger partial charge in [0.05, 0.1) is 19.9 Å². The summed E-state index contributed by atoms with van der Waals surface area (Å²) in [4.78, 5) is 8.38. The molecular weight excluding hydrogens is 371 g/mol. The molecule has 0 bridgehead atoms. The van der Waals surface area contributed by atoms with E-state index in [-0.39, 0.29) is 5.82 Å². The Labute approximate surface area is 161 Å². The summed E-state index contributed by atoms with van der Waals surface area (Å²) in [6.45, 7) is 0.472. The van der Waals surface area contributed by atoms with Gasteiger partial charge in [0.15, 0.2) is 0 Å². The molecule has 27 heavy (non-hydrogen) atoms. The van der Waals surface area contributed by atoms with E-state index in [9.17, 15) is 4.39 Å². The van der Waals surface area contributed by atoms with E-state index in [0.29, 0.717) is 34.6 Å². The highest BCUT2D eigenvalue weighted by Gasteiger charge is 2.08. The Morgan fingerprint density at radius 1 is 0.963 bits per heavy atom. The van der Waals surface area contributed by atoms with Gasteiger partial charge in [0, 0.05) is 29.3 Å². The minimum Gasteiger partial charge on any atom is -0.496 e. The zero-order valence-corrected chi connectivity index (χ0v) is 15.5. The maximum Gasteiger partial charge on any atom is 0.145 e. The number of hydrogen-bond acceptors (Lipinski definition) is 6. The van der Waals surface area contributed by atoms with Crippen molar-refractivity contribution in [1.29, 1.82) is 0 Å². The first kappa shape index (κ1) is 18.7. The first-order valence-electron chi connectivity index (χ1n) is 8.08. The third-order valence-electron chi connectivity index (χ3n) is 3.80. The van der Waals surface area contributed by atoms with Crippen LogP contribution in [0.25, 0.3) is 0 Å². The fraction of sp³-hybridized carbons (Fsp3) is 0.158. The highest BCUT2D eigenvalue weighted by Crippen LogP contribution is 2.28. The normalized spacial score (nSPS) is 10.4. The first-order valence-corrected chi connectivity index (χ1v) is 8.45. The third kappa shape index (κ3) is 4.77. The molecule has 1 aromatic heterocycles. The number of benzene rings is 2. The van der Waals surface area contributed by atoms with Crippen LogP contribution in [0, 0.1) is 5.82 Å². The Kier molecular flexibility index (Phi) is 5.93. The molecule has 0 atom stereocenters. The van der Waals surface area contributed by atoms with Gasteiger partial charge in [-0.2, -0.15) is 0 Å². The molecular formula is C19H18ClFN4O2. The average Bonchev–Trinajstić information content (AvgIpc) is 2.68. The second kappa shape index (κ2) is 8.55. The van der Waals surface area contributed by atoms with E-state index in [4.69, 9.17) is 21.1 Å². The molecule has 0 unspecified atom stereocenters. The molecule has 0 amide bonds. The summed E-state index contributed by atoms with van der Waals surface area (Å²) in [6.07, 6.45) is 1.43. The number of hydrogen-bond donors (Lipinski definition) is 2. The Morgan fingerprint density at radius 2 is 1.74 bits per heavy atom. The van der Waals surface area contributed by atoms with Gasteiger partial charge in [-0.3, -0.25) is 0 Å². The molecule has 2 aromatic carbocycles. The van der Waals surface area contributed by atoms with Gasteiger partial charge in [0.25, 0.3) is 0 Å². The molecule has 0 aliphatic rings. The third-order valence-corrected chi connectivity index (χ3v) is 4.03. The SMILES string of the molecule is COc1ccc(Cl)cc1CNc1cc(Nc2ccc(F)cc2OC)ncn1. The standard InChI is InChI=1S/C19H18ClFN4O2/c1-26-16-6-3-13(20)7-12(16)10-22-18-9-19(24-11-23-18)25-15-5-4-14(21)8-17(15)27-2/h3-9,11H,10H2,1-2H3,(H2,22,23,24,25). The van der Waals surface area contributed by atoms with Crippen molar-refractivity contribution in [3.05, 3.63) is 65.2 Å². The van der Waals surface area contributed by atoms with Gasteiger partial charge in [0.2, 0.25) is 0 Å². The Balaban J connectivity index is 1.74. The van der Waals surface area contributed by atoms with Crippen molar-refractivity contribution in [3.8, 4) is 11.5 Å². The van der Waals surface area contributed by atoms with Crippen molar-refractivity contribution < 1.29 is 13.9 Å². The summed E-state index contributed by atoms with van der Waals surface area (Å²) in [5, 5.41) is 6.92. The van der Waals surface area contributed by atoms with E-state index in [1.807, 2.05) is 12.1 Å². The zero-order valence-electron chi connectivity index (χ0n) is 14.8. The van der Waals surface area contributed by atoms with E-state index in [1.165, 1.54) is 25.6 Å². The molecule has 140 valence electrons. The number of nitrogens with one attached hydrogen (secondary N) is 2. The van der Waals surface area contributed by atoms with Crippen molar-refractivity contribution >= 4 is 28.9 Å². The van der Waals surface area contributed by atoms with E-state index < -0.39 is 0 Å². The van der Waals surface area contributed by atoms with Crippen LogP contribution in [0.2, 0.25) is 5.02 Å². The summed E-state index contributed by atoms with van der Waals surface area (Å²) in [5.41, 5.74) is 1.50. The topological polar surface area (TPSA) is 68.3 Å². The van der Waals surface area contributed by atoms with Gasteiger partial charge in [-0.1, -0.05) is 11.6 Å². The second-order valence-electron chi connectivity index (χ2n) is 5.57. The Bertz CT molecular complexity index is 939. The molecule has 0 radical (unpaired) electrons. The van der Waals surface area contributed by atoms with Gasteiger partial charge in [-0.15, -0.1) is 0 Å². The number of rotatable bonds is 7. The van der Waals surface area contributed by atoms with E-state index in [2.05, 4.69) is 20.6 Å². The number of nitrogens with zero attached hydrogens (tertiary/aromatic N) is 2. The first-order chi connectivity index (χ1) is 13.1. The minimum atomic E-state index is -0.377. The zero-order chi connectivity index (χ0) is 19.2. The number of aromatic nitrogens is 2. The minimum absolute atomic E-state index is 0.377. The summed E-state index contributed by atoms with van der Waals surface area (Å²) < 4.78 is 23.8. The lowest BCUT2D eigenvalue weighted by molar-refractivity contribution is 0.410. The Hall–Kier alpha value is -3.06. The molecule has 0 aliphatic carbocycles. The van der Waals surface area contributed by atoms with Gasteiger partial charge in [0.1, 0.15) is 35.3 Å². The lowest BCUT2D eigenvalue weighted by Crippen LogP contribution is -2.05. The van der Waals surface area contributed by atoms with Crippen LogP contribution >= 0.6 is 11.6 Å². The molecule has 0 aliphatic heterocycles. The molecule has 0 saturated heterocycles. The van der Waals surface area contributed by atoms with E-state index >= 15 is 0 Å². The summed E-state index contributed by atoms with van der Waals surface area (Å²) in [6, 6.07) is 11.4. The molecule has 0 spiro atoms. The van der Waals surface area contributed by atoms with Crippen LogP contribution in [0.15, 0.2) is 48.8 Å². The molecule has 8 heteroatoms. The fourth-order valence-corrected chi connectivity index (χ4v) is 2.69. The van der Waals surface area contributed by atoms with E-state index in [0.717, 1.165) is 11.3 Å². The number of methoxy groups -OCH3 is 2. The summed E-state index contributed by atoms with van der Waals surface area (Å²) >= 11 is 6.05. The van der Waals surface area contributed by atoms with Gasteiger partial charge in [-0.05, 0) is 30.3 Å². The van der Waals surface area contributed by atoms with Crippen LogP contribution in [0.3, 0.4) is 0 Å². The van der Waals surface area contributed by atoms with Crippen LogP contribution < -0.4 is 20.1 Å². The molecule has 6 nitrogen and oxygen atoms in total. The van der Waals surface area contributed by atoms with Crippen molar-refractivity contribution in [2.45, 2.75) is 6.54 Å². The number of ether oxygens (including phenoxy) is 2. The van der Waals surface area contributed by atoms with Crippen molar-refractivity contribution in [1.82, 2.24) is 9.97 Å². The average molecular weight is 389 g/mol. The highest BCUT2D eigenvalue weighted by molar-refractivity contribution is 6.30. The fourth-order valence-electron chi connectivity index (χ4n) is 2.50. The van der Waals surface area contributed by atoms with Crippen LogP contribution in [-0.4, -0.2) is 24.2 Å². The predicted molar refractivity (Wildman–Crippen MR) is 104 cm³/mol. The number of anilines is 3. The van der Waals surface area contributed by atoms with Crippen molar-refractivity contribution in [2.75, 3.05) is 24.9 Å². The van der Waals surface area contributed by atoms with Gasteiger partial charge in [-0.25, -0.2) is 14.4 Å². The molecule has 3 rings (SSSR count). The van der Waals surface area contributed by atoms with Crippen LogP contribution in [-0.2, 0) is 6.54 Å². The molecule has 2 N–H and O–H groups in total. The molecule has 0 saturated carbocycles. The van der Waals surface area contributed by atoms with E-state index in [1.54, 1.807) is 25.3 Å². The predicted octanol–water partition coefficient (Wildman–Crippen LogP) is 4.64. The van der Waals surface area contributed by atoms with Crippen LogP contribution in [0.4, 0.5) is 21.7 Å². The molecule has 3 aromatic rings. The van der Waals surface area contributed by atoms with Gasteiger partial charge < -0.3 is 20.1 Å². The molecule has 1 heterocycles.